The average molecular weight is 348 g/mol. The third-order valence-electron chi connectivity index (χ3n) is 5.39. The van der Waals surface area contributed by atoms with Crippen molar-refractivity contribution in [2.75, 3.05) is 19.6 Å². The molecule has 1 aromatic heterocycles. The molecule has 1 unspecified atom stereocenters. The molecule has 3 atom stereocenters. The summed E-state index contributed by atoms with van der Waals surface area (Å²) in [5.74, 6) is -3.90. The highest BCUT2D eigenvalue weighted by Crippen LogP contribution is 2.61. The van der Waals surface area contributed by atoms with Crippen LogP contribution < -0.4 is 0 Å². The predicted molar refractivity (Wildman–Crippen MR) is 88.3 cm³/mol. The van der Waals surface area contributed by atoms with Crippen molar-refractivity contribution in [3.05, 3.63) is 47.8 Å². The minimum absolute atomic E-state index is 0.129. The minimum Gasteiger partial charge on any atom is -0.390 e. The summed E-state index contributed by atoms with van der Waals surface area (Å²) in [6.45, 7) is 1.81. The van der Waals surface area contributed by atoms with E-state index < -0.39 is 17.8 Å². The lowest BCUT2D eigenvalue weighted by Crippen LogP contribution is -2.38. The molecule has 1 aliphatic heterocycles. The molecule has 1 N–H and O–H groups in total. The topological polar surface area (TPSA) is 54.2 Å². The molecule has 0 radical (unpaired) electrons. The first-order chi connectivity index (χ1) is 12.1. The number of benzene rings is 1. The Morgan fingerprint density at radius 1 is 1.24 bits per heavy atom. The summed E-state index contributed by atoms with van der Waals surface area (Å²) in [6, 6.07) is 9.21. The van der Waals surface area contributed by atoms with Gasteiger partial charge >= 0.3 is 0 Å². The van der Waals surface area contributed by atoms with Crippen molar-refractivity contribution in [2.45, 2.75) is 37.3 Å². The number of alkyl halides is 2. The second-order valence-corrected chi connectivity index (χ2v) is 7.07. The largest absolute Gasteiger partial charge is 0.390 e. The van der Waals surface area contributed by atoms with Gasteiger partial charge in [0.1, 0.15) is 5.69 Å². The van der Waals surface area contributed by atoms with Gasteiger partial charge in [0.25, 0.3) is 5.92 Å². The number of rotatable bonds is 5. The summed E-state index contributed by atoms with van der Waals surface area (Å²) in [4.78, 5) is 2.12. The van der Waals surface area contributed by atoms with Crippen LogP contribution in [0.4, 0.5) is 8.78 Å². The van der Waals surface area contributed by atoms with E-state index in [2.05, 4.69) is 15.2 Å². The van der Waals surface area contributed by atoms with Gasteiger partial charge in [0.2, 0.25) is 0 Å². The van der Waals surface area contributed by atoms with Crippen molar-refractivity contribution in [3.63, 3.8) is 0 Å². The third kappa shape index (κ3) is 3.18. The number of hydrogen-bond acceptors (Lipinski definition) is 4. The van der Waals surface area contributed by atoms with Crippen LogP contribution in [-0.2, 0) is 6.61 Å². The van der Waals surface area contributed by atoms with Crippen molar-refractivity contribution in [1.29, 1.82) is 0 Å². The lowest BCUT2D eigenvalue weighted by atomic mass is 10.0. The van der Waals surface area contributed by atoms with Crippen molar-refractivity contribution >= 4 is 0 Å². The highest BCUT2D eigenvalue weighted by Gasteiger charge is 2.68. The Morgan fingerprint density at radius 3 is 2.76 bits per heavy atom. The number of nitrogens with zero attached hydrogens (tertiary/aromatic N) is 4. The molecule has 2 fully saturated rings. The Kier molecular flexibility index (Phi) is 4.29. The summed E-state index contributed by atoms with van der Waals surface area (Å²) in [5, 5.41) is 17.1. The quantitative estimate of drug-likeness (QED) is 0.902. The minimum atomic E-state index is -2.62. The van der Waals surface area contributed by atoms with Crippen LogP contribution in [0.25, 0.3) is 0 Å². The van der Waals surface area contributed by atoms with Crippen molar-refractivity contribution in [2.24, 2.45) is 5.92 Å². The average Bonchev–Trinajstić information content (AvgIpc) is 2.99. The maximum atomic E-state index is 14.3. The van der Waals surface area contributed by atoms with E-state index in [0.717, 1.165) is 24.9 Å². The van der Waals surface area contributed by atoms with Gasteiger partial charge in [-0.05, 0) is 24.9 Å². The Morgan fingerprint density at radius 2 is 2.04 bits per heavy atom. The number of aliphatic hydroxyl groups excluding tert-OH is 1. The summed E-state index contributed by atoms with van der Waals surface area (Å²) < 4.78 is 30.3. The van der Waals surface area contributed by atoms with E-state index >= 15 is 0 Å². The molecule has 2 heterocycles. The molecule has 4 rings (SSSR count). The van der Waals surface area contributed by atoms with Crippen LogP contribution >= 0.6 is 0 Å². The van der Waals surface area contributed by atoms with Gasteiger partial charge in [0.15, 0.2) is 0 Å². The van der Waals surface area contributed by atoms with E-state index in [0.29, 0.717) is 18.8 Å². The van der Waals surface area contributed by atoms with Crippen LogP contribution in [0, 0.1) is 5.92 Å². The third-order valence-corrected chi connectivity index (χ3v) is 5.39. The molecule has 1 aliphatic carbocycles. The number of piperidine rings is 1. The molecule has 0 bridgehead atoms. The summed E-state index contributed by atoms with van der Waals surface area (Å²) in [7, 11) is 0. The maximum absolute atomic E-state index is 14.3. The van der Waals surface area contributed by atoms with E-state index in [-0.39, 0.29) is 12.6 Å². The van der Waals surface area contributed by atoms with Crippen LogP contribution in [0.1, 0.15) is 36.1 Å². The zero-order valence-corrected chi connectivity index (χ0v) is 13.9. The number of aromatic nitrogens is 3. The number of halogens is 2. The fourth-order valence-electron chi connectivity index (χ4n) is 3.99. The Bertz CT molecular complexity index is 721. The van der Waals surface area contributed by atoms with Crippen LogP contribution in [0.5, 0.6) is 0 Å². The van der Waals surface area contributed by atoms with Gasteiger partial charge in [-0.2, -0.15) is 0 Å². The SMILES string of the molecule is OCc1cn(C2CCCN(C[C@@H]3[C@@H](c4ccccc4)C3(F)F)C2)nn1. The second-order valence-electron chi connectivity index (χ2n) is 7.07. The molecule has 2 aromatic rings. The van der Waals surface area contributed by atoms with Crippen LogP contribution in [0.2, 0.25) is 0 Å². The van der Waals surface area contributed by atoms with Crippen molar-refractivity contribution in [3.8, 4) is 0 Å². The summed E-state index contributed by atoms with van der Waals surface area (Å²) in [6.07, 6.45) is 3.65. The van der Waals surface area contributed by atoms with Crippen LogP contribution in [-0.4, -0.2) is 50.6 Å². The normalized spacial score (nSPS) is 28.8. The van der Waals surface area contributed by atoms with E-state index in [1.807, 2.05) is 18.2 Å². The number of likely N-dealkylation sites (tertiary alicyclic amines) is 1. The molecule has 134 valence electrons. The van der Waals surface area contributed by atoms with Crippen LogP contribution in [0.15, 0.2) is 36.5 Å². The zero-order chi connectivity index (χ0) is 17.4. The number of hydrogen-bond donors (Lipinski definition) is 1. The van der Waals surface area contributed by atoms with Crippen molar-refractivity contribution < 1.29 is 13.9 Å². The van der Waals surface area contributed by atoms with Gasteiger partial charge in [-0.1, -0.05) is 35.5 Å². The molecule has 1 saturated carbocycles. The first kappa shape index (κ1) is 16.6. The summed E-state index contributed by atoms with van der Waals surface area (Å²) >= 11 is 0. The Labute approximate surface area is 145 Å². The second kappa shape index (κ2) is 6.46. The smallest absolute Gasteiger partial charge is 0.260 e. The molecule has 1 saturated heterocycles. The molecule has 7 heteroatoms. The van der Waals surface area contributed by atoms with Gasteiger partial charge in [0.05, 0.1) is 24.8 Å². The molecule has 2 aliphatic rings. The molecule has 5 nitrogen and oxygen atoms in total. The Balaban J connectivity index is 1.41. The van der Waals surface area contributed by atoms with Gasteiger partial charge in [0, 0.05) is 19.0 Å². The first-order valence-electron chi connectivity index (χ1n) is 8.76. The lowest BCUT2D eigenvalue weighted by molar-refractivity contribution is 0.0755. The van der Waals surface area contributed by atoms with E-state index in [1.165, 1.54) is 0 Å². The van der Waals surface area contributed by atoms with Gasteiger partial charge in [-0.25, -0.2) is 13.5 Å². The van der Waals surface area contributed by atoms with Gasteiger partial charge in [-0.15, -0.1) is 5.10 Å². The van der Waals surface area contributed by atoms with E-state index in [1.54, 1.807) is 23.0 Å². The van der Waals surface area contributed by atoms with Gasteiger partial charge in [-0.3, -0.25) is 0 Å². The fourth-order valence-corrected chi connectivity index (χ4v) is 3.99. The Hall–Kier alpha value is -1.86. The number of aliphatic hydroxyl groups is 1. The summed E-state index contributed by atoms with van der Waals surface area (Å²) in [5.41, 5.74) is 1.27. The molecule has 0 amide bonds. The van der Waals surface area contributed by atoms with Crippen molar-refractivity contribution in [1.82, 2.24) is 19.9 Å². The molecule has 1 aromatic carbocycles. The molecular weight excluding hydrogens is 326 g/mol. The standard InChI is InChI=1S/C18H22F2N4O/c19-18(20)16(17(18)13-5-2-1-3-6-13)11-23-8-4-7-15(10-23)24-9-14(12-25)21-22-24/h1-3,5-6,9,15-17,25H,4,7-8,10-12H2/t15?,16-,17-/m1/s1. The first-order valence-corrected chi connectivity index (χ1v) is 8.76. The van der Waals surface area contributed by atoms with Gasteiger partial charge < -0.3 is 10.0 Å². The zero-order valence-electron chi connectivity index (χ0n) is 13.9. The predicted octanol–water partition coefficient (Wildman–Crippen LogP) is 2.46. The monoisotopic (exact) mass is 348 g/mol. The fraction of sp³-hybridized carbons (Fsp3) is 0.556. The highest BCUT2D eigenvalue weighted by molar-refractivity contribution is 5.32. The van der Waals surface area contributed by atoms with Crippen LogP contribution in [0.3, 0.4) is 0 Å². The molecular formula is C18H22F2N4O. The molecule has 0 spiro atoms. The lowest BCUT2D eigenvalue weighted by Gasteiger charge is -2.32. The van der Waals surface area contributed by atoms with E-state index in [9.17, 15) is 8.78 Å². The maximum Gasteiger partial charge on any atom is 0.260 e. The highest BCUT2D eigenvalue weighted by atomic mass is 19.3. The molecule has 25 heavy (non-hydrogen) atoms. The van der Waals surface area contributed by atoms with E-state index in [4.69, 9.17) is 5.11 Å².